The van der Waals surface area contributed by atoms with Gasteiger partial charge in [-0.05, 0) is 44.4 Å². The predicted molar refractivity (Wildman–Crippen MR) is 85.3 cm³/mol. The van der Waals surface area contributed by atoms with Crippen molar-refractivity contribution in [3.63, 3.8) is 0 Å². The monoisotopic (exact) mass is 323 g/mol. The average Bonchev–Trinajstić information content (AvgIpc) is 2.72. The maximum Gasteiger partial charge on any atom is 0.262 e. The van der Waals surface area contributed by atoms with Crippen molar-refractivity contribution in [2.75, 3.05) is 11.3 Å². The minimum atomic E-state index is -3.63. The second-order valence-corrected chi connectivity index (χ2v) is 6.93. The number of nitrogens with zero attached hydrogens (tertiary/aromatic N) is 2. The molecule has 2 aromatic rings. The lowest BCUT2D eigenvalue weighted by atomic mass is 10.1. The quantitative estimate of drug-likeness (QED) is 0.848. The highest BCUT2D eigenvalue weighted by Crippen LogP contribution is 2.23. The molecule has 0 saturated carbocycles. The Morgan fingerprint density at radius 1 is 1.23 bits per heavy atom. The molecule has 1 heterocycles. The Hall–Kier alpha value is -1.86. The van der Waals surface area contributed by atoms with Crippen molar-refractivity contribution in [3.8, 4) is 0 Å². The molecule has 1 aromatic carbocycles. The second kappa shape index (κ2) is 6.50. The highest BCUT2D eigenvalue weighted by molar-refractivity contribution is 7.92. The summed E-state index contributed by atoms with van der Waals surface area (Å²) in [6, 6.07) is 6.70. The van der Waals surface area contributed by atoms with E-state index in [-0.39, 0.29) is 11.5 Å². The smallest absolute Gasteiger partial charge is 0.262 e. The molecule has 6 nitrogen and oxygen atoms in total. The van der Waals surface area contributed by atoms with Crippen molar-refractivity contribution < 1.29 is 13.5 Å². The number of sulfonamides is 1. The van der Waals surface area contributed by atoms with E-state index in [4.69, 9.17) is 5.11 Å². The normalized spacial score (nSPS) is 11.6. The lowest BCUT2D eigenvalue weighted by Crippen LogP contribution is -2.14. The molecule has 0 aliphatic rings. The van der Waals surface area contributed by atoms with Crippen molar-refractivity contribution in [2.24, 2.45) is 7.05 Å². The van der Waals surface area contributed by atoms with Crippen LogP contribution in [0.3, 0.4) is 0 Å². The number of anilines is 1. The van der Waals surface area contributed by atoms with Gasteiger partial charge in [-0.3, -0.25) is 9.40 Å². The van der Waals surface area contributed by atoms with Crippen LogP contribution in [0.5, 0.6) is 0 Å². The topological polar surface area (TPSA) is 84.2 Å². The van der Waals surface area contributed by atoms with Crippen LogP contribution in [0.4, 0.5) is 5.69 Å². The van der Waals surface area contributed by atoms with Gasteiger partial charge in [0.1, 0.15) is 0 Å². The molecule has 0 bridgehead atoms. The number of benzene rings is 1. The third-order valence-electron chi connectivity index (χ3n) is 3.60. The summed E-state index contributed by atoms with van der Waals surface area (Å²) < 4.78 is 29.2. The van der Waals surface area contributed by atoms with Gasteiger partial charge in [0.25, 0.3) is 10.0 Å². The number of rotatable bonds is 6. The van der Waals surface area contributed by atoms with Crippen LogP contribution in [0, 0.1) is 13.8 Å². The zero-order valence-corrected chi connectivity index (χ0v) is 13.8. The Bertz CT molecular complexity index is 749. The number of aromatic nitrogens is 2. The first kappa shape index (κ1) is 16.5. The van der Waals surface area contributed by atoms with Crippen LogP contribution in [0.1, 0.15) is 23.4 Å². The fraction of sp³-hybridized carbons (Fsp3) is 0.400. The van der Waals surface area contributed by atoms with Crippen LogP contribution >= 0.6 is 0 Å². The second-order valence-electron chi connectivity index (χ2n) is 5.25. The van der Waals surface area contributed by atoms with E-state index in [1.165, 1.54) is 0 Å². The zero-order valence-electron chi connectivity index (χ0n) is 13.0. The van der Waals surface area contributed by atoms with E-state index in [1.807, 2.05) is 6.92 Å². The maximum absolute atomic E-state index is 12.5. The van der Waals surface area contributed by atoms with Gasteiger partial charge in [0.2, 0.25) is 0 Å². The number of nitrogens with one attached hydrogen (secondary N) is 1. The van der Waals surface area contributed by atoms with E-state index in [0.717, 1.165) is 17.7 Å². The van der Waals surface area contributed by atoms with E-state index in [2.05, 4.69) is 9.82 Å². The van der Waals surface area contributed by atoms with Gasteiger partial charge in [-0.2, -0.15) is 5.10 Å². The largest absolute Gasteiger partial charge is 0.396 e. The summed E-state index contributed by atoms with van der Waals surface area (Å²) in [5.74, 6) is 0. The van der Waals surface area contributed by atoms with Crippen LogP contribution in [-0.2, 0) is 23.5 Å². The SMILES string of the molecule is Cc1nn(C)c(C)c1NS(=O)(=O)c1ccc(CCCO)cc1. The molecular weight excluding hydrogens is 302 g/mol. The molecular formula is C15H21N3O3S. The first-order chi connectivity index (χ1) is 10.3. The number of aryl methyl sites for hydroxylation is 3. The summed E-state index contributed by atoms with van der Waals surface area (Å²) in [5, 5.41) is 13.0. The Morgan fingerprint density at radius 2 is 1.86 bits per heavy atom. The molecule has 1 aromatic heterocycles. The molecule has 0 unspecified atom stereocenters. The van der Waals surface area contributed by atoms with Gasteiger partial charge in [-0.25, -0.2) is 8.42 Å². The van der Waals surface area contributed by atoms with Crippen LogP contribution in [-0.4, -0.2) is 29.9 Å². The fourth-order valence-electron chi connectivity index (χ4n) is 2.23. The van der Waals surface area contributed by atoms with Gasteiger partial charge in [0.05, 0.1) is 22.0 Å². The summed E-state index contributed by atoms with van der Waals surface area (Å²) in [7, 11) is -1.86. The van der Waals surface area contributed by atoms with E-state index in [0.29, 0.717) is 17.8 Å². The van der Waals surface area contributed by atoms with Gasteiger partial charge in [-0.1, -0.05) is 12.1 Å². The lowest BCUT2D eigenvalue weighted by molar-refractivity contribution is 0.288. The van der Waals surface area contributed by atoms with E-state index in [1.54, 1.807) is 42.9 Å². The van der Waals surface area contributed by atoms with Crippen molar-refractivity contribution in [1.29, 1.82) is 0 Å². The van der Waals surface area contributed by atoms with E-state index < -0.39 is 10.0 Å². The van der Waals surface area contributed by atoms with Crippen molar-refractivity contribution in [2.45, 2.75) is 31.6 Å². The molecule has 0 aliphatic carbocycles. The third-order valence-corrected chi connectivity index (χ3v) is 4.97. The summed E-state index contributed by atoms with van der Waals surface area (Å²) in [4.78, 5) is 0.211. The first-order valence-corrected chi connectivity index (χ1v) is 8.56. The summed E-state index contributed by atoms with van der Waals surface area (Å²) in [6.07, 6.45) is 1.39. The summed E-state index contributed by atoms with van der Waals surface area (Å²) in [6.45, 7) is 3.71. The standard InChI is InChI=1S/C15H21N3O3S/c1-11-15(12(2)18(3)16-11)17-22(20,21)14-8-6-13(7-9-14)5-4-10-19/h6-9,17,19H,4-5,10H2,1-3H3. The van der Waals surface area contributed by atoms with E-state index in [9.17, 15) is 8.42 Å². The van der Waals surface area contributed by atoms with Gasteiger partial charge >= 0.3 is 0 Å². The number of hydrogen-bond donors (Lipinski definition) is 2. The van der Waals surface area contributed by atoms with Crippen molar-refractivity contribution in [3.05, 3.63) is 41.2 Å². The molecule has 0 aliphatic heterocycles. The Kier molecular flexibility index (Phi) is 4.87. The average molecular weight is 323 g/mol. The molecule has 120 valence electrons. The van der Waals surface area contributed by atoms with Gasteiger partial charge in [-0.15, -0.1) is 0 Å². The van der Waals surface area contributed by atoms with Crippen LogP contribution in [0.25, 0.3) is 0 Å². The molecule has 2 N–H and O–H groups in total. The minimum Gasteiger partial charge on any atom is -0.396 e. The number of aliphatic hydroxyl groups is 1. The number of aliphatic hydroxyl groups excluding tert-OH is 1. The Morgan fingerprint density at radius 3 is 2.36 bits per heavy atom. The molecule has 7 heteroatoms. The zero-order chi connectivity index (χ0) is 16.3. The highest BCUT2D eigenvalue weighted by atomic mass is 32.2. The molecule has 0 radical (unpaired) electrons. The van der Waals surface area contributed by atoms with Gasteiger partial charge < -0.3 is 5.11 Å². The molecule has 0 spiro atoms. The van der Waals surface area contributed by atoms with Crippen molar-refractivity contribution in [1.82, 2.24) is 9.78 Å². The fourth-order valence-corrected chi connectivity index (χ4v) is 3.41. The molecule has 0 fully saturated rings. The third kappa shape index (κ3) is 3.48. The Balaban J connectivity index is 2.23. The van der Waals surface area contributed by atoms with Crippen LogP contribution in [0.2, 0.25) is 0 Å². The summed E-state index contributed by atoms with van der Waals surface area (Å²) >= 11 is 0. The van der Waals surface area contributed by atoms with Gasteiger partial charge in [0, 0.05) is 13.7 Å². The molecule has 0 amide bonds. The number of hydrogen-bond acceptors (Lipinski definition) is 4. The first-order valence-electron chi connectivity index (χ1n) is 7.08. The molecule has 0 atom stereocenters. The molecule has 22 heavy (non-hydrogen) atoms. The van der Waals surface area contributed by atoms with Crippen LogP contribution < -0.4 is 4.72 Å². The van der Waals surface area contributed by atoms with Crippen LogP contribution in [0.15, 0.2) is 29.2 Å². The molecule has 2 rings (SSSR count). The summed E-state index contributed by atoms with van der Waals surface area (Å²) in [5.41, 5.74) is 2.93. The predicted octanol–water partition coefficient (Wildman–Crippen LogP) is 1.76. The maximum atomic E-state index is 12.5. The van der Waals surface area contributed by atoms with Crippen molar-refractivity contribution >= 4 is 15.7 Å². The lowest BCUT2D eigenvalue weighted by Gasteiger charge is -2.09. The highest BCUT2D eigenvalue weighted by Gasteiger charge is 2.19. The van der Waals surface area contributed by atoms with E-state index >= 15 is 0 Å². The van der Waals surface area contributed by atoms with Gasteiger partial charge in [0.15, 0.2) is 0 Å². The molecule has 0 saturated heterocycles. The minimum absolute atomic E-state index is 0.126. The Labute approximate surface area is 130 Å².